The van der Waals surface area contributed by atoms with Gasteiger partial charge in [-0.05, 0) is 32.9 Å². The minimum atomic E-state index is 0.0945. The molecule has 0 aromatic heterocycles. The van der Waals surface area contributed by atoms with Crippen LogP contribution in [0, 0.1) is 0 Å². The molecular weight excluding hydrogens is 196 g/mol. The average molecular weight is 220 g/mol. The van der Waals surface area contributed by atoms with Crippen molar-refractivity contribution in [1.82, 2.24) is 4.90 Å². The van der Waals surface area contributed by atoms with Crippen molar-refractivity contribution in [3.05, 3.63) is 35.9 Å². The molecule has 0 saturated carbocycles. The van der Waals surface area contributed by atoms with Crippen LogP contribution in [0.5, 0.6) is 0 Å². The number of hydrogen-bond acceptors (Lipinski definition) is 2. The minimum Gasteiger partial charge on any atom is -0.323 e. The van der Waals surface area contributed by atoms with Gasteiger partial charge in [0.15, 0.2) is 0 Å². The summed E-state index contributed by atoms with van der Waals surface area (Å²) in [5, 5.41) is 0. The van der Waals surface area contributed by atoms with Crippen molar-refractivity contribution in [2.75, 3.05) is 13.6 Å². The zero-order chi connectivity index (χ0) is 12.2. The Labute approximate surface area is 99.5 Å². The van der Waals surface area contributed by atoms with E-state index >= 15 is 0 Å². The van der Waals surface area contributed by atoms with E-state index in [0.717, 1.165) is 13.0 Å². The Morgan fingerprint density at radius 1 is 1.25 bits per heavy atom. The second kappa shape index (κ2) is 5.46. The summed E-state index contributed by atoms with van der Waals surface area (Å²) in [7, 11) is 2.15. The number of hydrogen-bond donors (Lipinski definition) is 1. The predicted octanol–water partition coefficient (Wildman–Crippen LogP) is 2.81. The highest BCUT2D eigenvalue weighted by Crippen LogP contribution is 2.19. The third-order valence-corrected chi connectivity index (χ3v) is 3.60. The van der Waals surface area contributed by atoms with Crippen molar-refractivity contribution in [2.45, 2.75) is 38.8 Å². The van der Waals surface area contributed by atoms with Gasteiger partial charge in [-0.1, -0.05) is 37.3 Å². The van der Waals surface area contributed by atoms with E-state index in [1.54, 1.807) is 0 Å². The molecule has 0 radical (unpaired) electrons. The second-order valence-corrected chi connectivity index (χ2v) is 5.06. The van der Waals surface area contributed by atoms with Crippen molar-refractivity contribution in [2.24, 2.45) is 5.73 Å². The Balaban J connectivity index is 2.62. The summed E-state index contributed by atoms with van der Waals surface area (Å²) in [5.74, 6) is 0. The molecule has 1 aromatic rings. The molecule has 90 valence electrons. The van der Waals surface area contributed by atoms with E-state index in [2.05, 4.69) is 44.9 Å². The predicted molar refractivity (Wildman–Crippen MR) is 70.4 cm³/mol. The lowest BCUT2D eigenvalue weighted by atomic mass is 9.98. The highest BCUT2D eigenvalue weighted by molar-refractivity contribution is 5.18. The van der Waals surface area contributed by atoms with Crippen LogP contribution in [0.3, 0.4) is 0 Å². The fourth-order valence-corrected chi connectivity index (χ4v) is 1.62. The number of likely N-dealkylation sites (N-methyl/N-ethyl adjacent to an activating group) is 1. The number of benzene rings is 1. The van der Waals surface area contributed by atoms with Crippen molar-refractivity contribution in [1.29, 1.82) is 0 Å². The molecule has 1 atom stereocenters. The molecule has 2 heteroatoms. The van der Waals surface area contributed by atoms with Crippen LogP contribution in [0.2, 0.25) is 0 Å². The van der Waals surface area contributed by atoms with E-state index in [4.69, 9.17) is 5.73 Å². The summed E-state index contributed by atoms with van der Waals surface area (Å²) in [4.78, 5) is 2.34. The van der Waals surface area contributed by atoms with Gasteiger partial charge in [0.2, 0.25) is 0 Å². The van der Waals surface area contributed by atoms with E-state index in [1.165, 1.54) is 5.56 Å². The molecular formula is C14H24N2. The summed E-state index contributed by atoms with van der Waals surface area (Å²) in [6.07, 6.45) is 1.13. The monoisotopic (exact) mass is 220 g/mol. The molecule has 0 heterocycles. The van der Waals surface area contributed by atoms with E-state index in [1.807, 2.05) is 18.2 Å². The first-order chi connectivity index (χ1) is 7.47. The molecule has 0 aliphatic rings. The van der Waals surface area contributed by atoms with Gasteiger partial charge in [0.1, 0.15) is 0 Å². The smallest absolute Gasteiger partial charge is 0.0424 e. The topological polar surface area (TPSA) is 29.3 Å². The van der Waals surface area contributed by atoms with E-state index < -0.39 is 0 Å². The fraction of sp³-hybridized carbons (Fsp3) is 0.571. The Morgan fingerprint density at radius 2 is 1.81 bits per heavy atom. The lowest BCUT2D eigenvalue weighted by Gasteiger charge is -2.36. The lowest BCUT2D eigenvalue weighted by molar-refractivity contribution is 0.142. The van der Waals surface area contributed by atoms with Crippen LogP contribution < -0.4 is 5.73 Å². The maximum Gasteiger partial charge on any atom is 0.0424 e. The van der Waals surface area contributed by atoms with Crippen LogP contribution in [-0.2, 0) is 0 Å². The lowest BCUT2D eigenvalue weighted by Crippen LogP contribution is -2.44. The molecule has 0 aliphatic carbocycles. The zero-order valence-corrected chi connectivity index (χ0v) is 10.9. The molecule has 0 bridgehead atoms. The summed E-state index contributed by atoms with van der Waals surface area (Å²) in [6.45, 7) is 7.62. The Kier molecular flexibility index (Phi) is 4.51. The first kappa shape index (κ1) is 13.2. The number of rotatable bonds is 5. The van der Waals surface area contributed by atoms with Gasteiger partial charge in [-0.2, -0.15) is 0 Å². The number of nitrogens with two attached hydrogens (primary N) is 1. The molecule has 16 heavy (non-hydrogen) atoms. The maximum atomic E-state index is 6.21. The molecule has 2 nitrogen and oxygen atoms in total. The van der Waals surface area contributed by atoms with Gasteiger partial charge >= 0.3 is 0 Å². The van der Waals surface area contributed by atoms with Gasteiger partial charge in [0.05, 0.1) is 0 Å². The Bertz CT molecular complexity index is 306. The summed E-state index contributed by atoms with van der Waals surface area (Å²) in [6, 6.07) is 10.4. The van der Waals surface area contributed by atoms with Crippen LogP contribution in [0.25, 0.3) is 0 Å². The van der Waals surface area contributed by atoms with Crippen molar-refractivity contribution >= 4 is 0 Å². The Morgan fingerprint density at radius 3 is 2.31 bits per heavy atom. The normalized spacial score (nSPS) is 14.1. The van der Waals surface area contributed by atoms with Crippen LogP contribution >= 0.6 is 0 Å². The first-order valence-corrected chi connectivity index (χ1v) is 5.99. The molecule has 0 aliphatic heterocycles. The fourth-order valence-electron chi connectivity index (χ4n) is 1.62. The number of nitrogens with zero attached hydrogens (tertiary/aromatic N) is 1. The van der Waals surface area contributed by atoms with Crippen molar-refractivity contribution < 1.29 is 0 Å². The van der Waals surface area contributed by atoms with E-state index in [0.29, 0.717) is 0 Å². The van der Waals surface area contributed by atoms with Crippen LogP contribution in [0.1, 0.15) is 38.8 Å². The first-order valence-electron chi connectivity index (χ1n) is 5.99. The van der Waals surface area contributed by atoms with Crippen molar-refractivity contribution in [3.8, 4) is 0 Å². The van der Waals surface area contributed by atoms with Crippen LogP contribution in [0.15, 0.2) is 30.3 Å². The largest absolute Gasteiger partial charge is 0.323 e. The molecule has 1 aromatic carbocycles. The quantitative estimate of drug-likeness (QED) is 0.826. The van der Waals surface area contributed by atoms with Gasteiger partial charge < -0.3 is 5.73 Å². The van der Waals surface area contributed by atoms with Gasteiger partial charge in [0.25, 0.3) is 0 Å². The van der Waals surface area contributed by atoms with Gasteiger partial charge in [-0.25, -0.2) is 0 Å². The summed E-state index contributed by atoms with van der Waals surface area (Å²) >= 11 is 0. The van der Waals surface area contributed by atoms with E-state index in [-0.39, 0.29) is 11.6 Å². The third kappa shape index (κ3) is 3.32. The summed E-state index contributed by atoms with van der Waals surface area (Å²) in [5.41, 5.74) is 7.63. The molecule has 1 unspecified atom stereocenters. The van der Waals surface area contributed by atoms with Gasteiger partial charge in [-0.3, -0.25) is 4.90 Å². The maximum absolute atomic E-state index is 6.21. The molecule has 1 rings (SSSR count). The van der Waals surface area contributed by atoms with Crippen LogP contribution in [-0.4, -0.2) is 24.0 Å². The van der Waals surface area contributed by atoms with Crippen LogP contribution in [0.4, 0.5) is 0 Å². The third-order valence-electron chi connectivity index (χ3n) is 3.60. The van der Waals surface area contributed by atoms with Gasteiger partial charge in [-0.15, -0.1) is 0 Å². The molecule has 0 saturated heterocycles. The van der Waals surface area contributed by atoms with Crippen molar-refractivity contribution in [3.63, 3.8) is 0 Å². The average Bonchev–Trinajstić information content (AvgIpc) is 2.30. The summed E-state index contributed by atoms with van der Waals surface area (Å²) < 4.78 is 0. The second-order valence-electron chi connectivity index (χ2n) is 5.06. The molecule has 2 N–H and O–H groups in total. The minimum absolute atomic E-state index is 0.0945. The molecule has 0 amide bonds. The highest BCUT2D eigenvalue weighted by Gasteiger charge is 2.22. The highest BCUT2D eigenvalue weighted by atomic mass is 15.2. The van der Waals surface area contributed by atoms with Gasteiger partial charge in [0, 0.05) is 18.1 Å². The Hall–Kier alpha value is -0.860. The SMILES string of the molecule is CCC(C)(C)N(C)CC(N)c1ccccc1. The standard InChI is InChI=1S/C14H24N2/c1-5-14(2,3)16(4)11-13(15)12-9-7-6-8-10-12/h6-10,13H,5,11,15H2,1-4H3. The molecule has 0 spiro atoms. The van der Waals surface area contributed by atoms with E-state index in [9.17, 15) is 0 Å². The molecule has 0 fully saturated rings. The zero-order valence-electron chi connectivity index (χ0n) is 10.9.